The first-order valence-corrected chi connectivity index (χ1v) is 10.3. The van der Waals surface area contributed by atoms with Gasteiger partial charge in [0.2, 0.25) is 0 Å². The summed E-state index contributed by atoms with van der Waals surface area (Å²) in [7, 11) is 0. The van der Waals surface area contributed by atoms with Gasteiger partial charge >= 0.3 is 6.03 Å². The van der Waals surface area contributed by atoms with Crippen molar-refractivity contribution in [2.45, 2.75) is 26.2 Å². The lowest BCUT2D eigenvalue weighted by Gasteiger charge is -2.14. The van der Waals surface area contributed by atoms with E-state index >= 15 is 0 Å². The second-order valence-corrected chi connectivity index (χ2v) is 8.58. The van der Waals surface area contributed by atoms with Gasteiger partial charge in [0.15, 0.2) is 0 Å². The fraction of sp³-hybridized carbons (Fsp3) is 0.160. The molecule has 2 aromatic carbocycles. The zero-order valence-corrected chi connectivity index (χ0v) is 18.4. The van der Waals surface area contributed by atoms with Crippen molar-refractivity contribution in [2.24, 2.45) is 0 Å². The van der Waals surface area contributed by atoms with Crippen LogP contribution in [0.4, 0.5) is 25.0 Å². The molecule has 2 aromatic heterocycles. The Morgan fingerprint density at radius 3 is 2.27 bits per heavy atom. The summed E-state index contributed by atoms with van der Waals surface area (Å²) in [5.74, 6) is -0.236. The van der Waals surface area contributed by atoms with Crippen LogP contribution in [0.15, 0.2) is 67.0 Å². The molecule has 0 atom stereocenters. The van der Waals surface area contributed by atoms with E-state index in [0.29, 0.717) is 16.9 Å². The SMILES string of the molecule is CC(C)(C)c1nc(-c2ccc(F)c(NC(=O)Nc3ccc(F)cc3)c2)c(-c2ccncc2)[nH]1. The van der Waals surface area contributed by atoms with Crippen LogP contribution in [0.5, 0.6) is 0 Å². The van der Waals surface area contributed by atoms with Crippen LogP contribution < -0.4 is 10.6 Å². The van der Waals surface area contributed by atoms with Gasteiger partial charge in [-0.1, -0.05) is 20.8 Å². The van der Waals surface area contributed by atoms with Gasteiger partial charge in [-0.15, -0.1) is 0 Å². The lowest BCUT2D eigenvalue weighted by Crippen LogP contribution is -2.20. The molecule has 8 heteroatoms. The molecule has 0 aliphatic rings. The van der Waals surface area contributed by atoms with E-state index in [0.717, 1.165) is 17.1 Å². The normalized spacial score (nSPS) is 11.3. The number of nitrogens with zero attached hydrogens (tertiary/aromatic N) is 2. The fourth-order valence-electron chi connectivity index (χ4n) is 3.25. The van der Waals surface area contributed by atoms with Crippen molar-refractivity contribution in [3.05, 3.63) is 84.4 Å². The summed E-state index contributed by atoms with van der Waals surface area (Å²) in [4.78, 5) is 24.6. The summed E-state index contributed by atoms with van der Waals surface area (Å²) in [5, 5.41) is 5.07. The van der Waals surface area contributed by atoms with Crippen LogP contribution in [0.2, 0.25) is 0 Å². The molecule has 0 fully saturated rings. The number of H-pyrrole nitrogens is 1. The van der Waals surface area contributed by atoms with E-state index in [4.69, 9.17) is 4.98 Å². The van der Waals surface area contributed by atoms with E-state index in [-0.39, 0.29) is 11.1 Å². The maximum absolute atomic E-state index is 14.5. The van der Waals surface area contributed by atoms with E-state index in [2.05, 4.69) is 20.6 Å². The molecule has 2 heterocycles. The standard InChI is InChI=1S/C25H23F2N5O/c1-25(2,3)23-31-21(15-10-12-28-13-11-15)22(32-23)16-4-9-19(27)20(14-16)30-24(33)29-18-7-5-17(26)6-8-18/h4-14H,1-3H3,(H,31,32)(H2,29,30,33). The maximum Gasteiger partial charge on any atom is 0.323 e. The molecule has 0 saturated heterocycles. The van der Waals surface area contributed by atoms with Crippen LogP contribution in [0.1, 0.15) is 26.6 Å². The molecule has 0 bridgehead atoms. The molecule has 0 spiro atoms. The van der Waals surface area contributed by atoms with Crippen LogP contribution in [-0.2, 0) is 5.41 Å². The van der Waals surface area contributed by atoms with Crippen LogP contribution >= 0.6 is 0 Å². The number of benzene rings is 2. The van der Waals surface area contributed by atoms with Gasteiger partial charge in [0.25, 0.3) is 0 Å². The van der Waals surface area contributed by atoms with Crippen molar-refractivity contribution < 1.29 is 13.6 Å². The van der Waals surface area contributed by atoms with E-state index in [1.807, 2.05) is 32.9 Å². The molecule has 2 amide bonds. The predicted octanol–water partition coefficient (Wildman–Crippen LogP) is 6.36. The number of hydrogen-bond acceptors (Lipinski definition) is 3. The highest BCUT2D eigenvalue weighted by molar-refractivity contribution is 6.00. The summed E-state index contributed by atoms with van der Waals surface area (Å²) in [6.07, 6.45) is 3.38. The first-order chi connectivity index (χ1) is 15.7. The Hall–Kier alpha value is -4.07. The van der Waals surface area contributed by atoms with E-state index in [1.54, 1.807) is 18.5 Å². The average Bonchev–Trinajstić information content (AvgIpc) is 3.24. The number of imidazole rings is 1. The van der Waals surface area contributed by atoms with Gasteiger partial charge in [-0.05, 0) is 54.6 Å². The minimum Gasteiger partial charge on any atom is -0.341 e. The zero-order valence-electron chi connectivity index (χ0n) is 18.4. The van der Waals surface area contributed by atoms with Crippen molar-refractivity contribution in [2.75, 3.05) is 10.6 Å². The van der Waals surface area contributed by atoms with Crippen molar-refractivity contribution >= 4 is 17.4 Å². The summed E-state index contributed by atoms with van der Waals surface area (Å²) < 4.78 is 27.6. The van der Waals surface area contributed by atoms with Crippen molar-refractivity contribution in [1.29, 1.82) is 0 Å². The molecule has 0 aliphatic heterocycles. The third kappa shape index (κ3) is 5.06. The summed E-state index contributed by atoms with van der Waals surface area (Å²) >= 11 is 0. The number of aromatic amines is 1. The molecule has 0 aliphatic carbocycles. The number of urea groups is 1. The molecule has 3 N–H and O–H groups in total. The van der Waals surface area contributed by atoms with Gasteiger partial charge in [-0.3, -0.25) is 4.98 Å². The molecule has 4 rings (SSSR count). The molecule has 4 aromatic rings. The predicted molar refractivity (Wildman–Crippen MR) is 125 cm³/mol. The highest BCUT2D eigenvalue weighted by atomic mass is 19.1. The number of carbonyl (C=O) groups is 1. The Balaban J connectivity index is 1.68. The summed E-state index contributed by atoms with van der Waals surface area (Å²) in [6.45, 7) is 6.14. The molecule has 168 valence electrons. The van der Waals surface area contributed by atoms with Crippen molar-refractivity contribution in [3.63, 3.8) is 0 Å². The first-order valence-electron chi connectivity index (χ1n) is 10.3. The highest BCUT2D eigenvalue weighted by Crippen LogP contribution is 2.34. The zero-order chi connectivity index (χ0) is 23.6. The Labute approximate surface area is 190 Å². The van der Waals surface area contributed by atoms with Crippen molar-refractivity contribution in [1.82, 2.24) is 15.0 Å². The van der Waals surface area contributed by atoms with Gasteiger partial charge in [-0.2, -0.15) is 0 Å². The van der Waals surface area contributed by atoms with Crippen LogP contribution in [-0.4, -0.2) is 21.0 Å². The number of amides is 2. The average molecular weight is 447 g/mol. The number of anilines is 2. The summed E-state index contributed by atoms with van der Waals surface area (Å²) in [6, 6.07) is 12.8. The number of pyridine rings is 1. The third-order valence-electron chi connectivity index (χ3n) is 4.97. The number of carbonyl (C=O) groups excluding carboxylic acids is 1. The van der Waals surface area contributed by atoms with Gasteiger partial charge < -0.3 is 15.6 Å². The Morgan fingerprint density at radius 1 is 0.909 bits per heavy atom. The van der Waals surface area contributed by atoms with E-state index in [9.17, 15) is 13.6 Å². The number of aromatic nitrogens is 3. The second-order valence-electron chi connectivity index (χ2n) is 8.58. The van der Waals surface area contributed by atoms with Crippen LogP contribution in [0.3, 0.4) is 0 Å². The van der Waals surface area contributed by atoms with Gasteiger partial charge in [0.1, 0.15) is 17.5 Å². The fourth-order valence-corrected chi connectivity index (χ4v) is 3.25. The minimum absolute atomic E-state index is 0.00639. The number of hydrogen-bond donors (Lipinski definition) is 3. The molecule has 0 unspecified atom stereocenters. The number of nitrogens with one attached hydrogen (secondary N) is 3. The Bertz CT molecular complexity index is 1280. The minimum atomic E-state index is -0.649. The summed E-state index contributed by atoms with van der Waals surface area (Å²) in [5.41, 5.74) is 3.06. The van der Waals surface area contributed by atoms with Gasteiger partial charge in [0.05, 0.1) is 17.1 Å². The molecular formula is C25H23F2N5O. The monoisotopic (exact) mass is 447 g/mol. The first kappa shape index (κ1) is 22.1. The van der Waals surface area contributed by atoms with E-state index < -0.39 is 17.7 Å². The maximum atomic E-state index is 14.5. The lowest BCUT2D eigenvalue weighted by molar-refractivity contribution is 0.262. The van der Waals surface area contributed by atoms with Gasteiger partial charge in [-0.25, -0.2) is 18.6 Å². The topological polar surface area (TPSA) is 82.7 Å². The number of rotatable bonds is 4. The van der Waals surface area contributed by atoms with E-state index in [1.165, 1.54) is 36.4 Å². The quantitative estimate of drug-likeness (QED) is 0.340. The Morgan fingerprint density at radius 2 is 1.61 bits per heavy atom. The smallest absolute Gasteiger partial charge is 0.323 e. The largest absolute Gasteiger partial charge is 0.341 e. The highest BCUT2D eigenvalue weighted by Gasteiger charge is 2.23. The van der Waals surface area contributed by atoms with Crippen LogP contribution in [0, 0.1) is 11.6 Å². The third-order valence-corrected chi connectivity index (χ3v) is 4.97. The molecular weight excluding hydrogens is 424 g/mol. The molecule has 6 nitrogen and oxygen atoms in total. The molecule has 0 radical (unpaired) electrons. The molecule has 0 saturated carbocycles. The Kier molecular flexibility index (Phi) is 5.91. The van der Waals surface area contributed by atoms with Crippen molar-refractivity contribution in [3.8, 4) is 22.5 Å². The number of halogens is 2. The molecule has 33 heavy (non-hydrogen) atoms. The second kappa shape index (κ2) is 8.82. The van der Waals surface area contributed by atoms with Gasteiger partial charge in [0, 0.05) is 34.6 Å². The van der Waals surface area contributed by atoms with Crippen LogP contribution in [0.25, 0.3) is 22.5 Å². The lowest BCUT2D eigenvalue weighted by atomic mass is 9.96.